The molecule has 156 valence electrons. The SMILES string of the molecule is CCCN1CCC(CNC(=NC)NCCCN(C(C)C)C(C)C)CC1.I. The van der Waals surface area contributed by atoms with Crippen molar-refractivity contribution in [1.82, 2.24) is 20.4 Å². The van der Waals surface area contributed by atoms with Gasteiger partial charge in [0.05, 0.1) is 0 Å². The maximum Gasteiger partial charge on any atom is 0.190 e. The Bertz CT molecular complexity index is 357. The predicted molar refractivity (Wildman–Crippen MR) is 126 cm³/mol. The summed E-state index contributed by atoms with van der Waals surface area (Å²) in [6.45, 7) is 18.3. The molecule has 0 aromatic heterocycles. The van der Waals surface area contributed by atoms with E-state index in [9.17, 15) is 0 Å². The third-order valence-corrected chi connectivity index (χ3v) is 5.24. The number of aliphatic imine (C=N–C) groups is 1. The Labute approximate surface area is 179 Å². The summed E-state index contributed by atoms with van der Waals surface area (Å²) < 4.78 is 0. The van der Waals surface area contributed by atoms with Crippen LogP contribution in [-0.2, 0) is 0 Å². The van der Waals surface area contributed by atoms with Crippen molar-refractivity contribution < 1.29 is 0 Å². The molecule has 6 heteroatoms. The highest BCUT2D eigenvalue weighted by Crippen LogP contribution is 2.16. The van der Waals surface area contributed by atoms with E-state index in [1.165, 1.54) is 38.9 Å². The second-order valence-electron chi connectivity index (χ2n) is 7.94. The lowest BCUT2D eigenvalue weighted by molar-refractivity contribution is 0.173. The highest BCUT2D eigenvalue weighted by molar-refractivity contribution is 14.0. The second kappa shape index (κ2) is 14.9. The van der Waals surface area contributed by atoms with Gasteiger partial charge in [-0.25, -0.2) is 0 Å². The third kappa shape index (κ3) is 10.3. The zero-order valence-corrected chi connectivity index (χ0v) is 20.4. The summed E-state index contributed by atoms with van der Waals surface area (Å²) in [4.78, 5) is 9.51. The van der Waals surface area contributed by atoms with E-state index in [4.69, 9.17) is 0 Å². The van der Waals surface area contributed by atoms with E-state index in [0.29, 0.717) is 12.1 Å². The molecule has 0 radical (unpaired) electrons. The van der Waals surface area contributed by atoms with Crippen molar-refractivity contribution in [2.75, 3.05) is 46.3 Å². The Balaban J connectivity index is 0.00000625. The molecule has 0 atom stereocenters. The molecule has 1 rings (SSSR count). The van der Waals surface area contributed by atoms with Crippen LogP contribution in [0.5, 0.6) is 0 Å². The average Bonchev–Trinajstić information content (AvgIpc) is 2.58. The molecule has 0 amide bonds. The third-order valence-electron chi connectivity index (χ3n) is 5.24. The first-order valence-electron chi connectivity index (χ1n) is 10.4. The van der Waals surface area contributed by atoms with Gasteiger partial charge in [-0.3, -0.25) is 9.89 Å². The molecular weight excluding hydrogens is 437 g/mol. The van der Waals surface area contributed by atoms with E-state index in [-0.39, 0.29) is 24.0 Å². The van der Waals surface area contributed by atoms with Crippen molar-refractivity contribution in [3.63, 3.8) is 0 Å². The van der Waals surface area contributed by atoms with Gasteiger partial charge in [0.1, 0.15) is 0 Å². The number of halogens is 1. The van der Waals surface area contributed by atoms with Crippen LogP contribution >= 0.6 is 24.0 Å². The fourth-order valence-electron chi connectivity index (χ4n) is 3.77. The van der Waals surface area contributed by atoms with Crippen molar-refractivity contribution in [1.29, 1.82) is 0 Å². The van der Waals surface area contributed by atoms with Gasteiger partial charge in [0.2, 0.25) is 0 Å². The Morgan fingerprint density at radius 3 is 2.23 bits per heavy atom. The van der Waals surface area contributed by atoms with Crippen LogP contribution in [0.25, 0.3) is 0 Å². The first-order valence-corrected chi connectivity index (χ1v) is 10.4. The Morgan fingerprint density at radius 2 is 1.73 bits per heavy atom. The molecule has 0 aromatic carbocycles. The number of nitrogens with zero attached hydrogens (tertiary/aromatic N) is 3. The van der Waals surface area contributed by atoms with Crippen molar-refractivity contribution in [3.8, 4) is 0 Å². The van der Waals surface area contributed by atoms with E-state index in [2.05, 4.69) is 60.0 Å². The smallest absolute Gasteiger partial charge is 0.190 e. The maximum atomic E-state index is 4.37. The largest absolute Gasteiger partial charge is 0.356 e. The zero-order chi connectivity index (χ0) is 18.7. The number of hydrogen-bond acceptors (Lipinski definition) is 3. The minimum Gasteiger partial charge on any atom is -0.356 e. The van der Waals surface area contributed by atoms with Gasteiger partial charge in [-0.1, -0.05) is 6.92 Å². The van der Waals surface area contributed by atoms with Gasteiger partial charge in [0, 0.05) is 38.8 Å². The molecule has 0 bridgehead atoms. The topological polar surface area (TPSA) is 42.9 Å². The van der Waals surface area contributed by atoms with Crippen LogP contribution in [0.3, 0.4) is 0 Å². The Hall–Kier alpha value is -0.0800. The lowest BCUT2D eigenvalue weighted by atomic mass is 9.97. The average molecular weight is 482 g/mol. The van der Waals surface area contributed by atoms with Crippen LogP contribution in [0.4, 0.5) is 0 Å². The van der Waals surface area contributed by atoms with E-state index in [1.54, 1.807) is 0 Å². The van der Waals surface area contributed by atoms with Crippen LogP contribution in [0.2, 0.25) is 0 Å². The van der Waals surface area contributed by atoms with Gasteiger partial charge in [-0.2, -0.15) is 0 Å². The molecule has 0 unspecified atom stereocenters. The summed E-state index contributed by atoms with van der Waals surface area (Å²) in [6.07, 6.45) is 5.03. The summed E-state index contributed by atoms with van der Waals surface area (Å²) in [7, 11) is 1.87. The van der Waals surface area contributed by atoms with Crippen LogP contribution in [0.1, 0.15) is 60.3 Å². The first kappa shape index (κ1) is 25.9. The van der Waals surface area contributed by atoms with E-state index < -0.39 is 0 Å². The van der Waals surface area contributed by atoms with Crippen molar-refractivity contribution >= 4 is 29.9 Å². The van der Waals surface area contributed by atoms with E-state index >= 15 is 0 Å². The number of likely N-dealkylation sites (tertiary alicyclic amines) is 1. The van der Waals surface area contributed by atoms with Gasteiger partial charge in [0.15, 0.2) is 5.96 Å². The number of guanidine groups is 1. The van der Waals surface area contributed by atoms with Gasteiger partial charge in [-0.05, 0) is 78.9 Å². The van der Waals surface area contributed by atoms with E-state index in [1.807, 2.05) is 7.05 Å². The fraction of sp³-hybridized carbons (Fsp3) is 0.950. The maximum absolute atomic E-state index is 4.37. The molecule has 26 heavy (non-hydrogen) atoms. The molecule has 1 aliphatic rings. The Morgan fingerprint density at radius 1 is 1.12 bits per heavy atom. The molecule has 0 spiro atoms. The van der Waals surface area contributed by atoms with Crippen LogP contribution in [0.15, 0.2) is 4.99 Å². The summed E-state index contributed by atoms with van der Waals surface area (Å²) in [5.41, 5.74) is 0. The normalized spacial score (nSPS) is 17.0. The molecule has 0 aromatic rings. The highest BCUT2D eigenvalue weighted by Gasteiger charge is 2.18. The predicted octanol–water partition coefficient (Wildman–Crippen LogP) is 3.40. The first-order chi connectivity index (χ1) is 12.0. The van der Waals surface area contributed by atoms with Crippen LogP contribution in [-0.4, -0.2) is 74.2 Å². The second-order valence-corrected chi connectivity index (χ2v) is 7.94. The molecule has 0 saturated carbocycles. The molecular formula is C20H44IN5. The van der Waals surface area contributed by atoms with Gasteiger partial charge in [0.25, 0.3) is 0 Å². The summed E-state index contributed by atoms with van der Waals surface area (Å²) in [6, 6.07) is 1.21. The lowest BCUT2D eigenvalue weighted by Gasteiger charge is -2.32. The highest BCUT2D eigenvalue weighted by atomic mass is 127. The number of piperidine rings is 1. The fourth-order valence-corrected chi connectivity index (χ4v) is 3.77. The monoisotopic (exact) mass is 481 g/mol. The van der Waals surface area contributed by atoms with Gasteiger partial charge >= 0.3 is 0 Å². The van der Waals surface area contributed by atoms with Crippen LogP contribution < -0.4 is 10.6 Å². The lowest BCUT2D eigenvalue weighted by Crippen LogP contribution is -2.44. The molecule has 0 aliphatic carbocycles. The summed E-state index contributed by atoms with van der Waals surface area (Å²) in [5, 5.41) is 7.00. The molecule has 2 N–H and O–H groups in total. The van der Waals surface area contributed by atoms with Crippen LogP contribution in [0, 0.1) is 5.92 Å². The molecule has 1 aliphatic heterocycles. The van der Waals surface area contributed by atoms with Gasteiger partial charge < -0.3 is 15.5 Å². The van der Waals surface area contributed by atoms with Crippen molar-refractivity contribution in [3.05, 3.63) is 0 Å². The number of nitrogens with one attached hydrogen (secondary N) is 2. The molecule has 1 heterocycles. The van der Waals surface area contributed by atoms with Crippen molar-refractivity contribution in [2.24, 2.45) is 10.9 Å². The molecule has 1 saturated heterocycles. The molecule has 5 nitrogen and oxygen atoms in total. The van der Waals surface area contributed by atoms with E-state index in [0.717, 1.165) is 37.9 Å². The van der Waals surface area contributed by atoms with Gasteiger partial charge in [-0.15, -0.1) is 24.0 Å². The Kier molecular flexibility index (Phi) is 14.9. The summed E-state index contributed by atoms with van der Waals surface area (Å²) in [5.74, 6) is 1.74. The minimum atomic E-state index is 0. The molecule has 1 fully saturated rings. The summed E-state index contributed by atoms with van der Waals surface area (Å²) >= 11 is 0. The zero-order valence-electron chi connectivity index (χ0n) is 18.1. The number of rotatable bonds is 10. The van der Waals surface area contributed by atoms with Crippen molar-refractivity contribution in [2.45, 2.75) is 72.4 Å². The quantitative estimate of drug-likeness (QED) is 0.217. The minimum absolute atomic E-state index is 0. The standard InChI is InChI=1S/C20H43N5.HI/c1-7-12-24-14-9-19(10-15-24)16-23-20(21-6)22-11-8-13-25(17(2)3)18(4)5;/h17-19H,7-16H2,1-6H3,(H2,21,22,23);1H. The number of hydrogen-bond donors (Lipinski definition) is 2.